The first-order valence-corrected chi connectivity index (χ1v) is 5.55. The number of carbonyl (C=O) groups excluding carboxylic acids is 2. The smallest absolute Gasteiger partial charge is 0.251 e. The highest BCUT2D eigenvalue weighted by Gasteiger charge is 2.31. The fourth-order valence-electron chi connectivity index (χ4n) is 1.70. The number of hydrogen-bond acceptors (Lipinski definition) is 6. The molecule has 1 aromatic heterocycles. The number of anilines is 1. The van der Waals surface area contributed by atoms with E-state index >= 15 is 0 Å². The van der Waals surface area contributed by atoms with Crippen LogP contribution in [0.4, 0.5) is 5.95 Å². The highest BCUT2D eigenvalue weighted by molar-refractivity contribution is 6.01. The number of piperidine rings is 1. The molecular formula is C11H14N4O3. The third kappa shape index (κ3) is 2.39. The molecule has 2 heterocycles. The molecule has 1 atom stereocenters. The van der Waals surface area contributed by atoms with E-state index in [1.165, 1.54) is 26.6 Å². The molecule has 1 aliphatic rings. The molecule has 18 heavy (non-hydrogen) atoms. The van der Waals surface area contributed by atoms with Crippen LogP contribution in [0.25, 0.3) is 0 Å². The second-order valence-electron chi connectivity index (χ2n) is 3.97. The topological polar surface area (TPSA) is 84.4 Å². The van der Waals surface area contributed by atoms with E-state index in [9.17, 15) is 9.59 Å². The van der Waals surface area contributed by atoms with Gasteiger partial charge >= 0.3 is 0 Å². The van der Waals surface area contributed by atoms with E-state index in [0.29, 0.717) is 24.5 Å². The molecule has 0 aliphatic carbocycles. The average Bonchev–Trinajstić information content (AvgIpc) is 2.40. The van der Waals surface area contributed by atoms with Gasteiger partial charge in [0.2, 0.25) is 11.9 Å². The zero-order valence-electron chi connectivity index (χ0n) is 10.2. The van der Waals surface area contributed by atoms with Crippen molar-refractivity contribution < 1.29 is 14.3 Å². The van der Waals surface area contributed by atoms with Gasteiger partial charge < -0.3 is 10.1 Å². The number of imide groups is 1. The van der Waals surface area contributed by atoms with Crippen molar-refractivity contribution in [3.05, 3.63) is 12.4 Å². The van der Waals surface area contributed by atoms with E-state index in [1.54, 1.807) is 0 Å². The van der Waals surface area contributed by atoms with Crippen LogP contribution in [0.3, 0.4) is 0 Å². The highest BCUT2D eigenvalue weighted by atomic mass is 16.5. The molecule has 0 spiro atoms. The molecule has 0 saturated carbocycles. The predicted molar refractivity (Wildman–Crippen MR) is 63.0 cm³/mol. The molecule has 1 fully saturated rings. The van der Waals surface area contributed by atoms with Crippen LogP contribution in [0, 0.1) is 0 Å². The number of aromatic nitrogens is 2. The molecule has 0 aromatic carbocycles. The molecule has 0 radical (unpaired) electrons. The van der Waals surface area contributed by atoms with Crippen LogP contribution in [0.1, 0.15) is 12.8 Å². The van der Waals surface area contributed by atoms with Crippen LogP contribution in [-0.4, -0.2) is 46.9 Å². The Hall–Kier alpha value is -2.18. The number of ether oxygens (including phenoxy) is 1. The van der Waals surface area contributed by atoms with Crippen LogP contribution in [0.5, 0.6) is 5.75 Å². The molecule has 1 unspecified atom stereocenters. The number of amides is 2. The van der Waals surface area contributed by atoms with Crippen LogP contribution >= 0.6 is 0 Å². The van der Waals surface area contributed by atoms with Crippen LogP contribution in [-0.2, 0) is 9.59 Å². The Morgan fingerprint density at radius 3 is 2.67 bits per heavy atom. The number of rotatable bonds is 3. The molecule has 0 bridgehead atoms. The summed E-state index contributed by atoms with van der Waals surface area (Å²) in [6.07, 6.45) is 3.82. The van der Waals surface area contributed by atoms with Gasteiger partial charge in [0.05, 0.1) is 19.5 Å². The first kappa shape index (κ1) is 12.3. The number of carbonyl (C=O) groups is 2. The van der Waals surface area contributed by atoms with Crippen molar-refractivity contribution in [2.75, 3.05) is 19.5 Å². The van der Waals surface area contributed by atoms with Crippen LogP contribution in [0.15, 0.2) is 12.4 Å². The Balaban J connectivity index is 2.04. The summed E-state index contributed by atoms with van der Waals surface area (Å²) in [6, 6.07) is -0.457. The lowest BCUT2D eigenvalue weighted by atomic mass is 10.1. The maximum Gasteiger partial charge on any atom is 0.251 e. The van der Waals surface area contributed by atoms with Crippen molar-refractivity contribution in [1.29, 1.82) is 0 Å². The van der Waals surface area contributed by atoms with E-state index in [1.807, 2.05) is 0 Å². The Morgan fingerprint density at radius 1 is 1.39 bits per heavy atom. The lowest BCUT2D eigenvalue weighted by Crippen LogP contribution is -2.48. The molecule has 2 amide bonds. The average molecular weight is 250 g/mol. The van der Waals surface area contributed by atoms with E-state index in [4.69, 9.17) is 4.74 Å². The van der Waals surface area contributed by atoms with Crippen molar-refractivity contribution in [2.24, 2.45) is 0 Å². The number of likely N-dealkylation sites (tertiary alicyclic amines) is 1. The maximum absolute atomic E-state index is 11.8. The normalized spacial score (nSPS) is 19.9. The minimum absolute atomic E-state index is 0.159. The molecule has 2 rings (SSSR count). The zero-order valence-corrected chi connectivity index (χ0v) is 10.2. The van der Waals surface area contributed by atoms with Gasteiger partial charge in [0, 0.05) is 13.5 Å². The first-order valence-electron chi connectivity index (χ1n) is 5.55. The van der Waals surface area contributed by atoms with Gasteiger partial charge in [0.15, 0.2) is 5.75 Å². The lowest BCUT2D eigenvalue weighted by Gasteiger charge is -2.28. The molecule has 96 valence electrons. The molecule has 1 saturated heterocycles. The Labute approximate surface area is 104 Å². The number of likely N-dealkylation sites (N-methyl/N-ethyl adjacent to an activating group) is 1. The highest BCUT2D eigenvalue weighted by Crippen LogP contribution is 2.15. The summed E-state index contributed by atoms with van der Waals surface area (Å²) in [5.41, 5.74) is 0. The van der Waals surface area contributed by atoms with Gasteiger partial charge in [0.1, 0.15) is 6.04 Å². The van der Waals surface area contributed by atoms with Gasteiger partial charge in [-0.25, -0.2) is 9.97 Å². The van der Waals surface area contributed by atoms with E-state index in [-0.39, 0.29) is 11.8 Å². The number of nitrogens with one attached hydrogen (secondary N) is 1. The maximum atomic E-state index is 11.8. The van der Waals surface area contributed by atoms with Gasteiger partial charge in [-0.3, -0.25) is 14.5 Å². The summed E-state index contributed by atoms with van der Waals surface area (Å²) in [6.45, 7) is 0. The fourth-order valence-corrected chi connectivity index (χ4v) is 1.70. The second-order valence-corrected chi connectivity index (χ2v) is 3.97. The molecule has 1 aromatic rings. The Bertz CT molecular complexity index is 460. The molecule has 7 heteroatoms. The summed E-state index contributed by atoms with van der Waals surface area (Å²) in [7, 11) is 3.00. The summed E-state index contributed by atoms with van der Waals surface area (Å²) in [5.74, 6) is 0.471. The lowest BCUT2D eigenvalue weighted by molar-refractivity contribution is -0.146. The largest absolute Gasteiger partial charge is 0.494 e. The van der Waals surface area contributed by atoms with Crippen molar-refractivity contribution in [3.8, 4) is 5.75 Å². The predicted octanol–water partition coefficient (Wildman–Crippen LogP) is 0.0445. The summed E-state index contributed by atoms with van der Waals surface area (Å²) < 4.78 is 4.94. The third-order valence-corrected chi connectivity index (χ3v) is 2.82. The third-order valence-electron chi connectivity index (χ3n) is 2.82. The van der Waals surface area contributed by atoms with E-state index in [0.717, 1.165) is 4.90 Å². The monoisotopic (exact) mass is 250 g/mol. The van der Waals surface area contributed by atoms with E-state index < -0.39 is 6.04 Å². The molecule has 1 N–H and O–H groups in total. The fraction of sp³-hybridized carbons (Fsp3) is 0.455. The molecule has 1 aliphatic heterocycles. The van der Waals surface area contributed by atoms with Gasteiger partial charge in [0.25, 0.3) is 5.91 Å². The standard InChI is InChI=1S/C11H14N4O3/c1-15-9(16)4-3-8(10(15)17)14-11-12-5-7(18-2)6-13-11/h5-6,8H,3-4H2,1-2H3,(H,12,13,14). The summed E-state index contributed by atoms with van der Waals surface area (Å²) in [4.78, 5) is 32.3. The van der Waals surface area contributed by atoms with Crippen LogP contribution in [0.2, 0.25) is 0 Å². The summed E-state index contributed by atoms with van der Waals surface area (Å²) in [5, 5.41) is 2.91. The first-order chi connectivity index (χ1) is 8.61. The van der Waals surface area contributed by atoms with Crippen LogP contribution < -0.4 is 10.1 Å². The van der Waals surface area contributed by atoms with Gasteiger partial charge in [-0.1, -0.05) is 0 Å². The van der Waals surface area contributed by atoms with Crippen molar-refractivity contribution in [1.82, 2.24) is 14.9 Å². The van der Waals surface area contributed by atoms with Crippen molar-refractivity contribution >= 4 is 17.8 Å². The van der Waals surface area contributed by atoms with Gasteiger partial charge in [-0.2, -0.15) is 0 Å². The van der Waals surface area contributed by atoms with Gasteiger partial charge in [-0.15, -0.1) is 0 Å². The number of methoxy groups -OCH3 is 1. The number of hydrogen-bond donors (Lipinski definition) is 1. The summed E-state index contributed by atoms with van der Waals surface area (Å²) >= 11 is 0. The van der Waals surface area contributed by atoms with E-state index in [2.05, 4.69) is 15.3 Å². The minimum atomic E-state index is -0.457. The van der Waals surface area contributed by atoms with Gasteiger partial charge in [-0.05, 0) is 6.42 Å². The molecule has 7 nitrogen and oxygen atoms in total. The second kappa shape index (κ2) is 4.99. The zero-order chi connectivity index (χ0) is 13.1. The Morgan fingerprint density at radius 2 is 2.06 bits per heavy atom. The Kier molecular flexibility index (Phi) is 3.40. The van der Waals surface area contributed by atoms with Crippen molar-refractivity contribution in [3.63, 3.8) is 0 Å². The van der Waals surface area contributed by atoms with Crippen molar-refractivity contribution in [2.45, 2.75) is 18.9 Å². The molecular weight excluding hydrogens is 236 g/mol. The quantitative estimate of drug-likeness (QED) is 0.763. The minimum Gasteiger partial charge on any atom is -0.494 e. The SMILES string of the molecule is COc1cnc(NC2CCC(=O)N(C)C2=O)nc1. The number of nitrogens with zero attached hydrogens (tertiary/aromatic N) is 3.